The second kappa shape index (κ2) is 7.79. The number of halogens is 1. The Morgan fingerprint density at radius 2 is 1.96 bits per heavy atom. The molecule has 0 aromatic heterocycles. The number of ether oxygens (including phenoxy) is 1. The predicted molar refractivity (Wildman–Crippen MR) is 103 cm³/mol. The number of rotatable bonds is 5. The van der Waals surface area contributed by atoms with Gasteiger partial charge in [-0.1, -0.05) is 35.4 Å². The molecule has 1 saturated heterocycles. The van der Waals surface area contributed by atoms with Gasteiger partial charge in [-0.05, 0) is 50.5 Å². The third-order valence-electron chi connectivity index (χ3n) is 4.37. The number of hydrogen-bond donors (Lipinski definition) is 1. The molecule has 0 radical (unpaired) electrons. The van der Waals surface area contributed by atoms with Gasteiger partial charge >= 0.3 is 0 Å². The number of benzene rings is 2. The van der Waals surface area contributed by atoms with Gasteiger partial charge in [-0.15, -0.1) is 0 Å². The number of nitrogens with zero attached hydrogens (tertiary/aromatic N) is 1. The van der Waals surface area contributed by atoms with E-state index in [1.807, 2.05) is 50.2 Å². The molecule has 0 unspecified atom stereocenters. The van der Waals surface area contributed by atoms with Crippen molar-refractivity contribution in [3.63, 3.8) is 0 Å². The highest BCUT2D eigenvalue weighted by Gasteiger charge is 2.19. The molecule has 0 bridgehead atoms. The van der Waals surface area contributed by atoms with Gasteiger partial charge in [0.1, 0.15) is 5.75 Å². The number of carbonyl (C=O) groups excluding carboxylic acids is 1. The molecule has 3 rings (SSSR count). The molecule has 1 aliphatic heterocycles. The highest BCUT2D eigenvalue weighted by atomic mass is 35.5. The Bertz CT molecular complexity index is 770. The molecular weight excluding hydrogens is 336 g/mol. The maximum absolute atomic E-state index is 12.3. The van der Waals surface area contributed by atoms with Crippen molar-refractivity contribution < 1.29 is 9.53 Å². The second-order valence-electron chi connectivity index (χ2n) is 6.44. The topological polar surface area (TPSA) is 41.6 Å². The number of carbonyl (C=O) groups is 1. The monoisotopic (exact) mass is 358 g/mol. The van der Waals surface area contributed by atoms with Crippen LogP contribution < -0.4 is 15.0 Å². The molecular formula is C20H23ClN2O2. The van der Waals surface area contributed by atoms with Gasteiger partial charge in [0.2, 0.25) is 0 Å². The first-order valence-corrected chi connectivity index (χ1v) is 8.96. The number of amides is 1. The molecule has 2 aromatic carbocycles. The fourth-order valence-corrected chi connectivity index (χ4v) is 3.46. The van der Waals surface area contributed by atoms with Crippen LogP contribution >= 0.6 is 11.6 Å². The van der Waals surface area contributed by atoms with E-state index in [9.17, 15) is 4.79 Å². The molecule has 1 amide bonds. The summed E-state index contributed by atoms with van der Waals surface area (Å²) in [7, 11) is 0. The Labute approximate surface area is 153 Å². The van der Waals surface area contributed by atoms with Gasteiger partial charge in [0.25, 0.3) is 5.91 Å². The lowest BCUT2D eigenvalue weighted by Crippen LogP contribution is -2.24. The van der Waals surface area contributed by atoms with Crippen LogP contribution in [0, 0.1) is 13.8 Å². The average Bonchev–Trinajstić information content (AvgIpc) is 3.08. The Balaban J connectivity index is 1.68. The van der Waals surface area contributed by atoms with Crippen LogP contribution in [0.1, 0.15) is 24.0 Å². The first-order valence-electron chi connectivity index (χ1n) is 8.58. The van der Waals surface area contributed by atoms with E-state index in [1.165, 1.54) is 5.56 Å². The fourth-order valence-electron chi connectivity index (χ4n) is 3.17. The Morgan fingerprint density at radius 1 is 1.20 bits per heavy atom. The van der Waals surface area contributed by atoms with Gasteiger partial charge < -0.3 is 15.0 Å². The zero-order valence-electron chi connectivity index (χ0n) is 14.6. The van der Waals surface area contributed by atoms with Crippen LogP contribution in [-0.2, 0) is 4.79 Å². The van der Waals surface area contributed by atoms with E-state index in [1.54, 1.807) is 0 Å². The van der Waals surface area contributed by atoms with Crippen molar-refractivity contribution in [2.45, 2.75) is 26.7 Å². The van der Waals surface area contributed by atoms with E-state index in [0.717, 1.165) is 48.6 Å². The number of nitrogens with one attached hydrogen (secondary N) is 1. The summed E-state index contributed by atoms with van der Waals surface area (Å²) in [6.45, 7) is 5.90. The molecule has 0 saturated carbocycles. The SMILES string of the molecule is Cc1ccc(OCC(=O)Nc2cccc(Cl)c2N2CCCC2)c(C)c1. The van der Waals surface area contributed by atoms with Gasteiger partial charge in [0.15, 0.2) is 6.61 Å². The van der Waals surface area contributed by atoms with Crippen LogP contribution in [-0.4, -0.2) is 25.6 Å². The van der Waals surface area contributed by atoms with Crippen molar-refractivity contribution in [3.05, 3.63) is 52.5 Å². The van der Waals surface area contributed by atoms with Gasteiger partial charge in [-0.3, -0.25) is 4.79 Å². The van der Waals surface area contributed by atoms with Crippen LogP contribution in [0.15, 0.2) is 36.4 Å². The minimum absolute atomic E-state index is 0.0319. The third kappa shape index (κ3) is 4.26. The molecule has 0 spiro atoms. The molecule has 132 valence electrons. The summed E-state index contributed by atoms with van der Waals surface area (Å²) in [4.78, 5) is 14.6. The molecule has 25 heavy (non-hydrogen) atoms. The summed E-state index contributed by atoms with van der Waals surface area (Å²) in [6, 6.07) is 11.5. The van der Waals surface area contributed by atoms with E-state index in [0.29, 0.717) is 5.02 Å². The van der Waals surface area contributed by atoms with Crippen LogP contribution in [0.3, 0.4) is 0 Å². The van der Waals surface area contributed by atoms with Crippen molar-refractivity contribution in [1.29, 1.82) is 0 Å². The summed E-state index contributed by atoms with van der Waals surface area (Å²) < 4.78 is 5.66. The molecule has 2 aromatic rings. The smallest absolute Gasteiger partial charge is 0.262 e. The molecule has 1 N–H and O–H groups in total. The first kappa shape index (κ1) is 17.6. The Morgan fingerprint density at radius 3 is 2.68 bits per heavy atom. The van der Waals surface area contributed by atoms with Gasteiger partial charge in [-0.25, -0.2) is 0 Å². The lowest BCUT2D eigenvalue weighted by atomic mass is 10.1. The van der Waals surface area contributed by atoms with Crippen LogP contribution in [0.5, 0.6) is 5.75 Å². The number of anilines is 2. The summed E-state index contributed by atoms with van der Waals surface area (Å²) in [5.41, 5.74) is 3.84. The van der Waals surface area contributed by atoms with Crippen molar-refractivity contribution in [1.82, 2.24) is 0 Å². The first-order chi connectivity index (χ1) is 12.0. The summed E-state index contributed by atoms with van der Waals surface area (Å²) >= 11 is 6.38. The quantitative estimate of drug-likeness (QED) is 0.850. The van der Waals surface area contributed by atoms with E-state index in [4.69, 9.17) is 16.3 Å². The Kier molecular flexibility index (Phi) is 5.49. The molecule has 4 nitrogen and oxygen atoms in total. The molecule has 1 fully saturated rings. The van der Waals surface area contributed by atoms with E-state index in [-0.39, 0.29) is 12.5 Å². The summed E-state index contributed by atoms with van der Waals surface area (Å²) in [6.07, 6.45) is 2.29. The maximum Gasteiger partial charge on any atom is 0.262 e. The molecule has 0 aliphatic carbocycles. The van der Waals surface area contributed by atoms with Crippen molar-refractivity contribution >= 4 is 28.9 Å². The fraction of sp³-hybridized carbons (Fsp3) is 0.350. The summed E-state index contributed by atoms with van der Waals surface area (Å²) in [5, 5.41) is 3.60. The molecule has 1 aliphatic rings. The lowest BCUT2D eigenvalue weighted by molar-refractivity contribution is -0.118. The van der Waals surface area contributed by atoms with E-state index >= 15 is 0 Å². The van der Waals surface area contributed by atoms with Crippen molar-refractivity contribution in [3.8, 4) is 5.75 Å². The second-order valence-corrected chi connectivity index (χ2v) is 6.84. The number of para-hydroxylation sites is 1. The maximum atomic E-state index is 12.3. The van der Waals surface area contributed by atoms with Gasteiger partial charge in [0.05, 0.1) is 16.4 Å². The highest BCUT2D eigenvalue weighted by Crippen LogP contribution is 2.35. The largest absolute Gasteiger partial charge is 0.483 e. The highest BCUT2D eigenvalue weighted by molar-refractivity contribution is 6.34. The lowest BCUT2D eigenvalue weighted by Gasteiger charge is -2.23. The van der Waals surface area contributed by atoms with E-state index < -0.39 is 0 Å². The third-order valence-corrected chi connectivity index (χ3v) is 4.68. The molecule has 1 heterocycles. The molecule has 0 atom stereocenters. The standard InChI is InChI=1S/C20H23ClN2O2/c1-14-8-9-18(15(2)12-14)25-13-19(24)22-17-7-5-6-16(21)20(17)23-10-3-4-11-23/h5-9,12H,3-4,10-11,13H2,1-2H3,(H,22,24). The minimum Gasteiger partial charge on any atom is -0.483 e. The predicted octanol–water partition coefficient (Wildman–Crippen LogP) is 4.57. The van der Waals surface area contributed by atoms with Gasteiger partial charge in [0, 0.05) is 13.1 Å². The zero-order chi connectivity index (χ0) is 17.8. The van der Waals surface area contributed by atoms with Crippen molar-refractivity contribution in [2.24, 2.45) is 0 Å². The number of aryl methyl sites for hydroxylation is 2. The van der Waals surface area contributed by atoms with Crippen molar-refractivity contribution in [2.75, 3.05) is 29.9 Å². The Hall–Kier alpha value is -2.20. The van der Waals surface area contributed by atoms with Crippen LogP contribution in [0.25, 0.3) is 0 Å². The minimum atomic E-state index is -0.192. The number of hydrogen-bond acceptors (Lipinski definition) is 3. The normalized spacial score (nSPS) is 13.8. The average molecular weight is 359 g/mol. The summed E-state index contributed by atoms with van der Waals surface area (Å²) in [5.74, 6) is 0.536. The van der Waals surface area contributed by atoms with Crippen LogP contribution in [0.4, 0.5) is 11.4 Å². The van der Waals surface area contributed by atoms with Crippen LogP contribution in [0.2, 0.25) is 5.02 Å². The zero-order valence-corrected chi connectivity index (χ0v) is 15.4. The molecule has 5 heteroatoms. The van der Waals surface area contributed by atoms with E-state index in [2.05, 4.69) is 10.2 Å². The van der Waals surface area contributed by atoms with Gasteiger partial charge in [-0.2, -0.15) is 0 Å².